The van der Waals surface area contributed by atoms with Crippen LogP contribution in [0.25, 0.3) is 0 Å². The predicted molar refractivity (Wildman–Crippen MR) is 107 cm³/mol. The molecule has 0 amide bonds. The second-order valence-electron chi connectivity index (χ2n) is 5.87. The molecule has 0 aromatic heterocycles. The van der Waals surface area contributed by atoms with Gasteiger partial charge in [0.1, 0.15) is 0 Å². The predicted octanol–water partition coefficient (Wildman–Crippen LogP) is 3.65. The zero-order valence-electron chi connectivity index (χ0n) is 14.1. The topological polar surface area (TPSA) is 27.3 Å². The molecule has 2 aromatic rings. The Bertz CT molecular complexity index is 646. The van der Waals surface area contributed by atoms with Crippen molar-refractivity contribution >= 4 is 28.9 Å². The van der Waals surface area contributed by atoms with E-state index in [-0.39, 0.29) is 6.04 Å². The Morgan fingerprint density at radius 3 is 2.38 bits per heavy atom. The second kappa shape index (κ2) is 9.62. The van der Waals surface area contributed by atoms with Gasteiger partial charge in [-0.1, -0.05) is 60.1 Å². The highest BCUT2D eigenvalue weighted by Gasteiger charge is 2.16. The number of benzene rings is 2. The van der Waals surface area contributed by atoms with Gasteiger partial charge in [-0.3, -0.25) is 0 Å². The molecule has 3 nitrogen and oxygen atoms in total. The van der Waals surface area contributed by atoms with Crippen molar-refractivity contribution in [1.29, 1.82) is 0 Å². The molecule has 2 rings (SSSR count). The minimum atomic E-state index is 0.160. The molecule has 2 aromatic carbocycles. The maximum Gasteiger partial charge on any atom is 0.166 e. The maximum absolute atomic E-state index is 6.33. The van der Waals surface area contributed by atoms with E-state index in [2.05, 4.69) is 45.9 Å². The summed E-state index contributed by atoms with van der Waals surface area (Å²) in [5.41, 5.74) is 2.40. The van der Waals surface area contributed by atoms with E-state index >= 15 is 0 Å². The zero-order valence-corrected chi connectivity index (χ0v) is 15.7. The lowest BCUT2D eigenvalue weighted by atomic mass is 10.1. The summed E-state index contributed by atoms with van der Waals surface area (Å²) in [6, 6.07) is 18.5. The number of hydrogen-bond donors (Lipinski definition) is 2. The standard InChI is InChI=1S/C19H24ClN3S/c1-23(2)18(16-10-6-7-11-17(16)20)14-22-19(24)21-13-12-15-8-4-3-5-9-15/h3-11,18H,12-14H2,1-2H3,(H2,21,22,24)/t18-/m1/s1. The van der Waals surface area contributed by atoms with E-state index in [1.54, 1.807) is 0 Å². The van der Waals surface area contributed by atoms with Crippen LogP contribution in [-0.2, 0) is 6.42 Å². The molecule has 5 heteroatoms. The molecular formula is C19H24ClN3S. The van der Waals surface area contributed by atoms with Crippen molar-refractivity contribution in [2.45, 2.75) is 12.5 Å². The Balaban J connectivity index is 1.81. The first-order chi connectivity index (χ1) is 11.6. The fraction of sp³-hybridized carbons (Fsp3) is 0.316. The van der Waals surface area contributed by atoms with Gasteiger partial charge in [-0.2, -0.15) is 0 Å². The molecule has 0 saturated heterocycles. The fourth-order valence-corrected chi connectivity index (χ4v) is 2.98. The molecule has 24 heavy (non-hydrogen) atoms. The van der Waals surface area contributed by atoms with Crippen molar-refractivity contribution in [3.05, 3.63) is 70.7 Å². The van der Waals surface area contributed by atoms with Crippen LogP contribution in [-0.4, -0.2) is 37.2 Å². The molecule has 0 fully saturated rings. The lowest BCUT2D eigenvalue weighted by Gasteiger charge is -2.26. The molecule has 0 aliphatic carbocycles. The van der Waals surface area contributed by atoms with E-state index in [4.69, 9.17) is 23.8 Å². The fourth-order valence-electron chi connectivity index (χ4n) is 2.53. The molecule has 0 saturated carbocycles. The Labute approximate surface area is 155 Å². The van der Waals surface area contributed by atoms with Gasteiger partial charge in [-0.25, -0.2) is 0 Å². The highest BCUT2D eigenvalue weighted by molar-refractivity contribution is 7.80. The van der Waals surface area contributed by atoms with Crippen LogP contribution >= 0.6 is 23.8 Å². The van der Waals surface area contributed by atoms with Gasteiger partial charge in [-0.05, 0) is 49.9 Å². The van der Waals surface area contributed by atoms with Gasteiger partial charge in [-0.15, -0.1) is 0 Å². The van der Waals surface area contributed by atoms with Crippen molar-refractivity contribution in [3.63, 3.8) is 0 Å². The van der Waals surface area contributed by atoms with Crippen LogP contribution in [0, 0.1) is 0 Å². The minimum Gasteiger partial charge on any atom is -0.362 e. The normalized spacial score (nSPS) is 12.0. The van der Waals surface area contributed by atoms with Crippen LogP contribution in [0.1, 0.15) is 17.2 Å². The average molecular weight is 362 g/mol. The van der Waals surface area contributed by atoms with Crippen molar-refractivity contribution in [3.8, 4) is 0 Å². The Morgan fingerprint density at radius 1 is 1.04 bits per heavy atom. The van der Waals surface area contributed by atoms with Crippen LogP contribution in [0.4, 0.5) is 0 Å². The van der Waals surface area contributed by atoms with Crippen molar-refractivity contribution in [2.24, 2.45) is 0 Å². The molecule has 0 heterocycles. The second-order valence-corrected chi connectivity index (χ2v) is 6.69. The summed E-state index contributed by atoms with van der Waals surface area (Å²) in [7, 11) is 4.09. The molecule has 0 radical (unpaired) electrons. The molecular weight excluding hydrogens is 338 g/mol. The van der Waals surface area contributed by atoms with Gasteiger partial charge in [0.25, 0.3) is 0 Å². The quantitative estimate of drug-likeness (QED) is 0.736. The summed E-state index contributed by atoms with van der Waals surface area (Å²) in [6.07, 6.45) is 0.949. The van der Waals surface area contributed by atoms with E-state index < -0.39 is 0 Å². The lowest BCUT2D eigenvalue weighted by molar-refractivity contribution is 0.298. The third-order valence-electron chi connectivity index (χ3n) is 3.89. The molecule has 0 aliphatic heterocycles. The Kier molecular flexibility index (Phi) is 7.50. The van der Waals surface area contributed by atoms with Crippen LogP contribution in [0.5, 0.6) is 0 Å². The van der Waals surface area contributed by atoms with E-state index in [0.29, 0.717) is 11.7 Å². The largest absolute Gasteiger partial charge is 0.362 e. The van der Waals surface area contributed by atoms with Gasteiger partial charge in [0, 0.05) is 18.1 Å². The third kappa shape index (κ3) is 5.78. The minimum absolute atomic E-state index is 0.160. The summed E-state index contributed by atoms with van der Waals surface area (Å²) >= 11 is 11.7. The van der Waals surface area contributed by atoms with Crippen molar-refractivity contribution in [2.75, 3.05) is 27.2 Å². The van der Waals surface area contributed by atoms with Gasteiger partial charge in [0.15, 0.2) is 5.11 Å². The molecule has 0 bridgehead atoms. The number of nitrogens with one attached hydrogen (secondary N) is 2. The lowest BCUT2D eigenvalue weighted by Crippen LogP contribution is -2.41. The average Bonchev–Trinajstić information content (AvgIpc) is 2.57. The molecule has 1 atom stereocenters. The summed E-state index contributed by atoms with van der Waals surface area (Å²) in [4.78, 5) is 2.14. The highest BCUT2D eigenvalue weighted by atomic mass is 35.5. The van der Waals surface area contributed by atoms with Crippen LogP contribution in [0.15, 0.2) is 54.6 Å². The number of rotatable bonds is 7. The van der Waals surface area contributed by atoms with Crippen molar-refractivity contribution < 1.29 is 0 Å². The third-order valence-corrected chi connectivity index (χ3v) is 4.52. The highest BCUT2D eigenvalue weighted by Crippen LogP contribution is 2.25. The molecule has 0 aliphatic rings. The number of hydrogen-bond acceptors (Lipinski definition) is 2. The number of nitrogens with zero attached hydrogens (tertiary/aromatic N) is 1. The number of halogens is 1. The van der Waals surface area contributed by atoms with E-state index in [9.17, 15) is 0 Å². The number of thiocarbonyl (C=S) groups is 1. The smallest absolute Gasteiger partial charge is 0.166 e. The van der Waals surface area contributed by atoms with Gasteiger partial charge >= 0.3 is 0 Å². The molecule has 0 unspecified atom stereocenters. The Morgan fingerprint density at radius 2 is 1.71 bits per heavy atom. The summed E-state index contributed by atoms with van der Waals surface area (Å²) < 4.78 is 0. The van der Waals surface area contributed by atoms with Gasteiger partial charge < -0.3 is 15.5 Å². The summed E-state index contributed by atoms with van der Waals surface area (Å²) in [5, 5.41) is 8.01. The summed E-state index contributed by atoms with van der Waals surface area (Å²) in [5.74, 6) is 0. The van der Waals surface area contributed by atoms with E-state index in [1.807, 2.05) is 38.4 Å². The first-order valence-electron chi connectivity index (χ1n) is 8.04. The molecule has 0 spiro atoms. The number of likely N-dealkylation sites (N-methyl/N-ethyl adjacent to an activating group) is 1. The van der Waals surface area contributed by atoms with Crippen molar-refractivity contribution in [1.82, 2.24) is 15.5 Å². The van der Waals surface area contributed by atoms with Crippen LogP contribution < -0.4 is 10.6 Å². The first-order valence-corrected chi connectivity index (χ1v) is 8.83. The van der Waals surface area contributed by atoms with E-state index in [0.717, 1.165) is 23.6 Å². The Hall–Kier alpha value is -1.62. The monoisotopic (exact) mass is 361 g/mol. The van der Waals surface area contributed by atoms with Gasteiger partial charge in [0.2, 0.25) is 0 Å². The molecule has 128 valence electrons. The maximum atomic E-state index is 6.33. The molecule has 2 N–H and O–H groups in total. The zero-order chi connectivity index (χ0) is 17.4. The van der Waals surface area contributed by atoms with Crippen LogP contribution in [0.2, 0.25) is 5.02 Å². The summed E-state index contributed by atoms with van der Waals surface area (Å²) in [6.45, 7) is 1.52. The SMILES string of the molecule is CN(C)[C@H](CNC(=S)NCCc1ccccc1)c1ccccc1Cl. The first kappa shape index (κ1) is 18.7. The van der Waals surface area contributed by atoms with Crippen LogP contribution in [0.3, 0.4) is 0 Å². The van der Waals surface area contributed by atoms with Gasteiger partial charge in [0.05, 0.1) is 6.04 Å². The van der Waals surface area contributed by atoms with E-state index in [1.165, 1.54) is 5.56 Å².